The molecule has 1 rings (SSSR count). The molecule has 1 aromatic carbocycles. The van der Waals surface area contributed by atoms with Crippen LogP contribution in [0.25, 0.3) is 0 Å². The number of hydrogen-bond donors (Lipinski definition) is 2. The van der Waals surface area contributed by atoms with Crippen molar-refractivity contribution in [1.82, 2.24) is 4.31 Å². The number of hydrogen-bond acceptors (Lipinski definition) is 4. The molecule has 1 amide bonds. The number of benzene rings is 1. The summed E-state index contributed by atoms with van der Waals surface area (Å²) in [6.07, 6.45) is 3.01. The molecule has 0 aromatic heterocycles. The summed E-state index contributed by atoms with van der Waals surface area (Å²) in [6.45, 7) is 0.631. The van der Waals surface area contributed by atoms with Gasteiger partial charge in [-0.2, -0.15) is 0 Å². The summed E-state index contributed by atoms with van der Waals surface area (Å²) in [5, 5.41) is 2.72. The first kappa shape index (κ1) is 17.6. The molecule has 0 saturated carbocycles. The van der Waals surface area contributed by atoms with Crippen LogP contribution >= 0.6 is 0 Å². The zero-order valence-corrected chi connectivity index (χ0v) is 13.3. The molecule has 6 nitrogen and oxygen atoms in total. The molecule has 3 N–H and O–H groups in total. The van der Waals surface area contributed by atoms with E-state index >= 15 is 0 Å². The van der Waals surface area contributed by atoms with Crippen molar-refractivity contribution in [3.8, 4) is 0 Å². The summed E-state index contributed by atoms with van der Waals surface area (Å²) < 4.78 is 25.2. The molecule has 0 aliphatic rings. The second kappa shape index (κ2) is 8.11. The van der Waals surface area contributed by atoms with Crippen molar-refractivity contribution in [1.29, 1.82) is 0 Å². The Morgan fingerprint density at radius 1 is 1.24 bits per heavy atom. The van der Waals surface area contributed by atoms with Gasteiger partial charge in [-0.15, -0.1) is 0 Å². The summed E-state index contributed by atoms with van der Waals surface area (Å²) >= 11 is 0. The highest BCUT2D eigenvalue weighted by Gasteiger charge is 2.17. The van der Waals surface area contributed by atoms with Crippen LogP contribution < -0.4 is 11.1 Å². The van der Waals surface area contributed by atoms with Gasteiger partial charge in [-0.25, -0.2) is 12.7 Å². The van der Waals surface area contributed by atoms with E-state index in [0.717, 1.165) is 23.6 Å². The van der Waals surface area contributed by atoms with Crippen LogP contribution in [0.2, 0.25) is 0 Å². The van der Waals surface area contributed by atoms with Crippen molar-refractivity contribution in [2.24, 2.45) is 5.73 Å². The fraction of sp³-hybridized carbons (Fsp3) is 0.500. The Morgan fingerprint density at radius 3 is 2.57 bits per heavy atom. The third-order valence-electron chi connectivity index (χ3n) is 3.00. The van der Waals surface area contributed by atoms with Gasteiger partial charge < -0.3 is 11.1 Å². The van der Waals surface area contributed by atoms with E-state index in [9.17, 15) is 13.2 Å². The lowest BCUT2D eigenvalue weighted by Crippen LogP contribution is -2.22. The van der Waals surface area contributed by atoms with Gasteiger partial charge in [0.1, 0.15) is 0 Å². The zero-order valence-electron chi connectivity index (χ0n) is 12.5. The molecule has 0 bridgehead atoms. The number of carbonyl (C=O) groups excluding carboxylic acids is 1. The highest BCUT2D eigenvalue weighted by atomic mass is 32.2. The minimum absolute atomic E-state index is 0.119. The Labute approximate surface area is 126 Å². The minimum Gasteiger partial charge on any atom is -0.330 e. The smallest absolute Gasteiger partial charge is 0.242 e. The Morgan fingerprint density at radius 2 is 1.95 bits per heavy atom. The molecule has 0 aliphatic heterocycles. The van der Waals surface area contributed by atoms with Crippen LogP contribution in [0.1, 0.15) is 25.7 Å². The second-order valence-electron chi connectivity index (χ2n) is 4.96. The van der Waals surface area contributed by atoms with Crippen molar-refractivity contribution in [2.75, 3.05) is 26.0 Å². The van der Waals surface area contributed by atoms with Gasteiger partial charge in [-0.05, 0) is 37.6 Å². The predicted octanol–water partition coefficient (Wildman–Crippen LogP) is 1.39. The Balaban J connectivity index is 2.67. The van der Waals surface area contributed by atoms with E-state index in [1.807, 2.05) is 0 Å². The molecule has 0 spiro atoms. The third kappa shape index (κ3) is 5.45. The molecule has 0 radical (unpaired) electrons. The molecule has 0 saturated heterocycles. The summed E-state index contributed by atoms with van der Waals surface area (Å²) in [4.78, 5) is 11.9. The molecule has 0 unspecified atom stereocenters. The molecule has 0 atom stereocenters. The number of anilines is 1. The molecule has 118 valence electrons. The normalized spacial score (nSPS) is 11.6. The van der Waals surface area contributed by atoms with Gasteiger partial charge in [0.25, 0.3) is 0 Å². The van der Waals surface area contributed by atoms with E-state index in [0.29, 0.717) is 18.7 Å². The number of rotatable bonds is 8. The van der Waals surface area contributed by atoms with E-state index in [1.54, 1.807) is 12.1 Å². The zero-order chi connectivity index (χ0) is 15.9. The average molecular weight is 313 g/mol. The van der Waals surface area contributed by atoms with Gasteiger partial charge in [0, 0.05) is 26.2 Å². The Hall–Kier alpha value is -1.44. The molecule has 21 heavy (non-hydrogen) atoms. The lowest BCUT2D eigenvalue weighted by atomic mass is 10.2. The maximum absolute atomic E-state index is 12.0. The topological polar surface area (TPSA) is 92.5 Å². The maximum atomic E-state index is 12.0. The van der Waals surface area contributed by atoms with Gasteiger partial charge >= 0.3 is 0 Å². The fourth-order valence-electron chi connectivity index (χ4n) is 1.78. The number of nitrogens with two attached hydrogens (primary N) is 1. The number of carbonyl (C=O) groups is 1. The first-order valence-electron chi connectivity index (χ1n) is 6.90. The standard InChI is InChI=1S/C14H23N3O3S/c1-17(2)21(19,20)13-8-6-7-12(11-13)16-14(18)9-4-3-5-10-15/h6-8,11H,3-5,9-10,15H2,1-2H3,(H,16,18). The summed E-state index contributed by atoms with van der Waals surface area (Å²) in [5.74, 6) is -0.119. The van der Waals surface area contributed by atoms with E-state index in [2.05, 4.69) is 5.32 Å². The van der Waals surface area contributed by atoms with Crippen LogP contribution in [0.4, 0.5) is 5.69 Å². The molecule has 0 aliphatic carbocycles. The third-order valence-corrected chi connectivity index (χ3v) is 4.82. The van der Waals surface area contributed by atoms with Crippen LogP contribution in [-0.4, -0.2) is 39.3 Å². The molecular formula is C14H23N3O3S. The molecular weight excluding hydrogens is 290 g/mol. The van der Waals surface area contributed by atoms with E-state index < -0.39 is 10.0 Å². The van der Waals surface area contributed by atoms with Crippen LogP contribution in [0.3, 0.4) is 0 Å². The monoisotopic (exact) mass is 313 g/mol. The van der Waals surface area contributed by atoms with Crippen molar-refractivity contribution in [2.45, 2.75) is 30.6 Å². The van der Waals surface area contributed by atoms with Gasteiger partial charge in [0.05, 0.1) is 4.90 Å². The predicted molar refractivity (Wildman–Crippen MR) is 83.5 cm³/mol. The van der Waals surface area contributed by atoms with Gasteiger partial charge in [-0.1, -0.05) is 12.5 Å². The number of nitrogens with zero attached hydrogens (tertiary/aromatic N) is 1. The van der Waals surface area contributed by atoms with Crippen LogP contribution in [0, 0.1) is 0 Å². The summed E-state index contributed by atoms with van der Waals surface area (Å²) in [6, 6.07) is 6.26. The van der Waals surface area contributed by atoms with Gasteiger partial charge in [0.15, 0.2) is 0 Å². The number of nitrogens with one attached hydrogen (secondary N) is 1. The molecule has 1 aromatic rings. The first-order valence-corrected chi connectivity index (χ1v) is 8.34. The summed E-state index contributed by atoms with van der Waals surface area (Å²) in [5.41, 5.74) is 5.88. The highest BCUT2D eigenvalue weighted by molar-refractivity contribution is 7.89. The average Bonchev–Trinajstić information content (AvgIpc) is 2.43. The van der Waals surface area contributed by atoms with Crippen LogP contribution in [-0.2, 0) is 14.8 Å². The maximum Gasteiger partial charge on any atom is 0.242 e. The van der Waals surface area contributed by atoms with Crippen LogP contribution in [0.5, 0.6) is 0 Å². The minimum atomic E-state index is -3.49. The number of sulfonamides is 1. The Bertz CT molecular complexity index is 571. The van der Waals surface area contributed by atoms with E-state index in [4.69, 9.17) is 5.73 Å². The highest BCUT2D eigenvalue weighted by Crippen LogP contribution is 2.18. The van der Waals surface area contributed by atoms with Crippen molar-refractivity contribution >= 4 is 21.6 Å². The quantitative estimate of drug-likeness (QED) is 0.709. The van der Waals surface area contributed by atoms with Gasteiger partial charge in [-0.3, -0.25) is 4.79 Å². The molecule has 7 heteroatoms. The van der Waals surface area contributed by atoms with E-state index in [-0.39, 0.29) is 10.8 Å². The SMILES string of the molecule is CN(C)S(=O)(=O)c1cccc(NC(=O)CCCCCN)c1. The van der Waals surface area contributed by atoms with Crippen LogP contribution in [0.15, 0.2) is 29.2 Å². The molecule has 0 heterocycles. The lowest BCUT2D eigenvalue weighted by Gasteiger charge is -2.12. The summed E-state index contributed by atoms with van der Waals surface area (Å²) in [7, 11) is -0.551. The van der Waals surface area contributed by atoms with Crippen molar-refractivity contribution in [3.05, 3.63) is 24.3 Å². The molecule has 0 fully saturated rings. The lowest BCUT2D eigenvalue weighted by molar-refractivity contribution is -0.116. The van der Waals surface area contributed by atoms with E-state index in [1.165, 1.54) is 26.2 Å². The van der Waals surface area contributed by atoms with Crippen molar-refractivity contribution < 1.29 is 13.2 Å². The van der Waals surface area contributed by atoms with Gasteiger partial charge in [0.2, 0.25) is 15.9 Å². The largest absolute Gasteiger partial charge is 0.330 e. The first-order chi connectivity index (χ1) is 9.87. The number of unbranched alkanes of at least 4 members (excludes halogenated alkanes) is 2. The second-order valence-corrected chi connectivity index (χ2v) is 7.11. The number of amides is 1. The Kier molecular flexibility index (Phi) is 6.80. The van der Waals surface area contributed by atoms with Crippen molar-refractivity contribution in [3.63, 3.8) is 0 Å². The fourth-order valence-corrected chi connectivity index (χ4v) is 2.72.